The van der Waals surface area contributed by atoms with Crippen molar-refractivity contribution in [2.45, 2.75) is 0 Å². The van der Waals surface area contributed by atoms with Gasteiger partial charge in [-0.3, -0.25) is 4.79 Å². The van der Waals surface area contributed by atoms with Crippen LogP contribution in [0.5, 0.6) is 0 Å². The van der Waals surface area contributed by atoms with Crippen LogP contribution in [0, 0.1) is 0 Å². The Hall–Kier alpha value is -0.380. The molecule has 1 amide bonds. The van der Waals surface area contributed by atoms with E-state index >= 15 is 0 Å². The van der Waals surface area contributed by atoms with Crippen LogP contribution in [-0.4, -0.2) is 5.24 Å². The molecule has 0 aliphatic rings. The van der Waals surface area contributed by atoms with E-state index in [4.69, 9.17) is 23.2 Å². The summed E-state index contributed by atoms with van der Waals surface area (Å²) in [5, 5.41) is 2.89. The summed E-state index contributed by atoms with van der Waals surface area (Å²) in [5.41, 5.74) is 0.462. The smallest absolute Gasteiger partial charge is 0.280 e. The van der Waals surface area contributed by atoms with Crippen LogP contribution in [0.15, 0.2) is 18.2 Å². The second-order valence-electron chi connectivity index (χ2n) is 2.05. The average Bonchev–Trinajstić information content (AvgIpc) is 1.96. The average molecular weight is 222 g/mol. The largest absolute Gasteiger partial charge is 0.316 e. The first-order valence-electron chi connectivity index (χ1n) is 3.04. The Bertz CT molecular complexity index is 316. The summed E-state index contributed by atoms with van der Waals surface area (Å²) in [6.07, 6.45) is 0. The zero-order valence-corrected chi connectivity index (χ0v) is 8.25. The van der Waals surface area contributed by atoms with Gasteiger partial charge in [0.15, 0.2) is 0 Å². The molecule has 0 aliphatic heterocycles. The van der Waals surface area contributed by atoms with Crippen LogP contribution in [0.25, 0.3) is 0 Å². The van der Waals surface area contributed by atoms with Gasteiger partial charge in [-0.1, -0.05) is 35.8 Å². The molecule has 0 fully saturated rings. The van der Waals surface area contributed by atoms with Crippen molar-refractivity contribution in [2.75, 3.05) is 5.32 Å². The number of anilines is 1. The van der Waals surface area contributed by atoms with Crippen LogP contribution in [-0.2, 0) is 0 Å². The number of carbonyl (C=O) groups is 1. The molecule has 0 spiro atoms. The highest BCUT2D eigenvalue weighted by atomic mass is 35.5. The molecule has 0 aliphatic carbocycles. The van der Waals surface area contributed by atoms with E-state index in [2.05, 4.69) is 17.9 Å². The minimum atomic E-state index is -0.473. The second kappa shape index (κ2) is 4.03. The molecule has 1 aromatic rings. The SMILES string of the molecule is O=C(S)Nc1cc(Cl)ccc1Cl. The number of hydrogen-bond acceptors (Lipinski definition) is 1. The van der Waals surface area contributed by atoms with Gasteiger partial charge in [0.05, 0.1) is 10.7 Å². The Balaban J connectivity index is 2.97. The van der Waals surface area contributed by atoms with E-state index in [1.54, 1.807) is 18.2 Å². The molecule has 12 heavy (non-hydrogen) atoms. The van der Waals surface area contributed by atoms with Crippen molar-refractivity contribution in [1.29, 1.82) is 0 Å². The van der Waals surface area contributed by atoms with Crippen molar-refractivity contribution < 1.29 is 4.79 Å². The molecule has 0 saturated heterocycles. The number of hydrogen-bond donors (Lipinski definition) is 2. The maximum atomic E-state index is 10.5. The summed E-state index contributed by atoms with van der Waals surface area (Å²) in [7, 11) is 0. The molecule has 0 saturated carbocycles. The maximum Gasteiger partial charge on any atom is 0.280 e. The van der Waals surface area contributed by atoms with E-state index in [1.807, 2.05) is 0 Å². The van der Waals surface area contributed by atoms with E-state index in [0.717, 1.165) is 0 Å². The summed E-state index contributed by atoms with van der Waals surface area (Å²) in [6, 6.07) is 4.79. The Morgan fingerprint density at radius 2 is 2.08 bits per heavy atom. The molecule has 1 N–H and O–H groups in total. The highest BCUT2D eigenvalue weighted by Crippen LogP contribution is 2.25. The third-order valence-corrected chi connectivity index (χ3v) is 1.85. The molecule has 0 aromatic heterocycles. The molecule has 0 bridgehead atoms. The quantitative estimate of drug-likeness (QED) is 0.700. The molecule has 0 heterocycles. The maximum absolute atomic E-state index is 10.5. The van der Waals surface area contributed by atoms with Gasteiger partial charge < -0.3 is 5.32 Å². The molecular formula is C7H5Cl2NOS. The van der Waals surface area contributed by atoms with E-state index in [9.17, 15) is 4.79 Å². The molecule has 5 heteroatoms. The number of carbonyl (C=O) groups excluding carboxylic acids is 1. The van der Waals surface area contributed by atoms with Gasteiger partial charge in [-0.25, -0.2) is 0 Å². The van der Waals surface area contributed by atoms with Crippen LogP contribution >= 0.6 is 35.8 Å². The predicted molar refractivity (Wildman–Crippen MR) is 54.5 cm³/mol. The first-order valence-corrected chi connectivity index (χ1v) is 4.25. The zero-order chi connectivity index (χ0) is 9.14. The second-order valence-corrected chi connectivity index (χ2v) is 3.30. The molecule has 0 radical (unpaired) electrons. The van der Waals surface area contributed by atoms with Crippen molar-refractivity contribution in [3.8, 4) is 0 Å². The molecule has 1 rings (SSSR count). The Morgan fingerprint density at radius 1 is 1.42 bits per heavy atom. The lowest BCUT2D eigenvalue weighted by atomic mass is 10.3. The topological polar surface area (TPSA) is 29.1 Å². The molecular weight excluding hydrogens is 217 g/mol. The fraction of sp³-hybridized carbons (Fsp3) is 0. The van der Waals surface area contributed by atoms with Gasteiger partial charge in [0.25, 0.3) is 5.24 Å². The van der Waals surface area contributed by atoms with E-state index < -0.39 is 5.24 Å². The molecule has 0 atom stereocenters. The number of amides is 1. The fourth-order valence-electron chi connectivity index (χ4n) is 0.708. The molecule has 1 aromatic carbocycles. The summed E-state index contributed by atoms with van der Waals surface area (Å²) in [6.45, 7) is 0. The number of halogens is 2. The third kappa shape index (κ3) is 2.59. The van der Waals surface area contributed by atoms with E-state index in [-0.39, 0.29) is 0 Å². The first-order chi connectivity index (χ1) is 5.59. The van der Waals surface area contributed by atoms with E-state index in [0.29, 0.717) is 15.7 Å². The van der Waals surface area contributed by atoms with Crippen LogP contribution in [0.2, 0.25) is 10.0 Å². The van der Waals surface area contributed by atoms with Crippen molar-refractivity contribution >= 4 is 46.8 Å². The van der Waals surface area contributed by atoms with Gasteiger partial charge >= 0.3 is 0 Å². The van der Waals surface area contributed by atoms with Crippen molar-refractivity contribution in [3.63, 3.8) is 0 Å². The molecule has 0 unspecified atom stereocenters. The monoisotopic (exact) mass is 221 g/mol. The highest BCUT2D eigenvalue weighted by molar-refractivity contribution is 7.96. The van der Waals surface area contributed by atoms with Crippen molar-refractivity contribution in [1.82, 2.24) is 0 Å². The highest BCUT2D eigenvalue weighted by Gasteiger charge is 2.02. The Morgan fingerprint density at radius 3 is 2.67 bits per heavy atom. The predicted octanol–water partition coefficient (Wildman–Crippen LogP) is 3.46. The third-order valence-electron chi connectivity index (χ3n) is 1.17. The van der Waals surface area contributed by atoms with Gasteiger partial charge in [-0.15, -0.1) is 0 Å². The van der Waals surface area contributed by atoms with Crippen LogP contribution in [0.3, 0.4) is 0 Å². The standard InChI is InChI=1S/C7H5Cl2NOS/c8-4-1-2-5(9)6(3-4)10-7(11)12/h1-3H,(H2,10,11,12). The number of rotatable bonds is 1. The minimum Gasteiger partial charge on any atom is -0.316 e. The number of thiol groups is 1. The fourth-order valence-corrected chi connectivity index (χ4v) is 1.17. The number of nitrogens with one attached hydrogen (secondary N) is 1. The van der Waals surface area contributed by atoms with Gasteiger partial charge in [-0.05, 0) is 18.2 Å². The Kier molecular flexibility index (Phi) is 3.26. The van der Waals surface area contributed by atoms with Crippen LogP contribution in [0.1, 0.15) is 0 Å². The van der Waals surface area contributed by atoms with Crippen molar-refractivity contribution in [3.05, 3.63) is 28.2 Å². The lowest BCUT2D eigenvalue weighted by Gasteiger charge is -2.03. The lowest BCUT2D eigenvalue weighted by Crippen LogP contribution is -2.01. The van der Waals surface area contributed by atoms with E-state index in [1.165, 1.54) is 0 Å². The summed E-state index contributed by atoms with van der Waals surface area (Å²) in [5.74, 6) is 0. The van der Waals surface area contributed by atoms with Crippen molar-refractivity contribution in [2.24, 2.45) is 0 Å². The van der Waals surface area contributed by atoms with Crippen LogP contribution in [0.4, 0.5) is 10.5 Å². The normalized spacial score (nSPS) is 9.58. The zero-order valence-electron chi connectivity index (χ0n) is 5.84. The summed E-state index contributed by atoms with van der Waals surface area (Å²) in [4.78, 5) is 10.5. The van der Waals surface area contributed by atoms with Gasteiger partial charge in [0.2, 0.25) is 0 Å². The molecule has 2 nitrogen and oxygen atoms in total. The van der Waals surface area contributed by atoms with Gasteiger partial charge in [-0.2, -0.15) is 0 Å². The minimum absolute atomic E-state index is 0.432. The molecule has 64 valence electrons. The summed E-state index contributed by atoms with van der Waals surface area (Å²) < 4.78 is 0. The van der Waals surface area contributed by atoms with Gasteiger partial charge in [0.1, 0.15) is 0 Å². The summed E-state index contributed by atoms with van der Waals surface area (Å²) >= 11 is 14.9. The van der Waals surface area contributed by atoms with Gasteiger partial charge in [0, 0.05) is 5.02 Å². The first kappa shape index (κ1) is 9.71. The Labute approximate surface area is 85.3 Å². The van der Waals surface area contributed by atoms with Crippen LogP contribution < -0.4 is 5.32 Å². The number of benzene rings is 1. The lowest BCUT2D eigenvalue weighted by molar-refractivity contribution is 0.270.